The van der Waals surface area contributed by atoms with E-state index in [1.807, 2.05) is 0 Å². The summed E-state index contributed by atoms with van der Waals surface area (Å²) in [5, 5.41) is 0. The molecule has 0 bridgehead atoms. The Labute approximate surface area is 69.8 Å². The van der Waals surface area contributed by atoms with Gasteiger partial charge in [0.15, 0.2) is 0 Å². The maximum absolute atomic E-state index is 11.0. The predicted octanol–water partition coefficient (Wildman–Crippen LogP) is -0.00650. The molecular formula is C8H9N3O. The summed E-state index contributed by atoms with van der Waals surface area (Å²) in [6.45, 7) is 0. The zero-order chi connectivity index (χ0) is 8.60. The van der Waals surface area contributed by atoms with Gasteiger partial charge in [0, 0.05) is 6.20 Å². The minimum Gasteiger partial charge on any atom is -0.369 e. The number of primary amides is 1. The highest BCUT2D eigenvalue weighted by atomic mass is 16.1. The summed E-state index contributed by atoms with van der Waals surface area (Å²) in [6, 6.07) is 1.75. The Kier molecular flexibility index (Phi) is 1.36. The molecule has 0 spiro atoms. The van der Waals surface area contributed by atoms with E-state index in [4.69, 9.17) is 5.73 Å². The van der Waals surface area contributed by atoms with E-state index in [2.05, 4.69) is 9.97 Å². The van der Waals surface area contributed by atoms with Gasteiger partial charge in [-0.15, -0.1) is 0 Å². The van der Waals surface area contributed by atoms with E-state index in [9.17, 15) is 4.79 Å². The van der Waals surface area contributed by atoms with Crippen LogP contribution >= 0.6 is 0 Å². The maximum atomic E-state index is 11.0. The molecule has 1 aliphatic rings. The van der Waals surface area contributed by atoms with Gasteiger partial charge in [-0.1, -0.05) is 0 Å². The number of hydrogen-bond donors (Lipinski definition) is 1. The molecule has 0 unspecified atom stereocenters. The van der Waals surface area contributed by atoms with Crippen molar-refractivity contribution in [3.63, 3.8) is 0 Å². The van der Waals surface area contributed by atoms with Crippen LogP contribution in [0.5, 0.6) is 0 Å². The molecule has 0 radical (unpaired) electrons. The molecule has 4 heteroatoms. The Morgan fingerprint density at radius 3 is 2.75 bits per heavy atom. The lowest BCUT2D eigenvalue weighted by molar-refractivity contribution is -0.120. The molecule has 12 heavy (non-hydrogen) atoms. The van der Waals surface area contributed by atoms with Crippen molar-refractivity contribution < 1.29 is 4.79 Å². The fourth-order valence-corrected chi connectivity index (χ4v) is 1.33. The molecule has 1 aliphatic carbocycles. The fourth-order valence-electron chi connectivity index (χ4n) is 1.33. The van der Waals surface area contributed by atoms with Crippen LogP contribution in [0.25, 0.3) is 0 Å². The van der Waals surface area contributed by atoms with Crippen molar-refractivity contribution in [2.75, 3.05) is 0 Å². The van der Waals surface area contributed by atoms with Crippen molar-refractivity contribution in [2.45, 2.75) is 18.3 Å². The lowest BCUT2D eigenvalue weighted by atomic mass is 10.0. The van der Waals surface area contributed by atoms with E-state index < -0.39 is 5.41 Å². The Balaban J connectivity index is 2.37. The molecule has 2 rings (SSSR count). The third-order valence-corrected chi connectivity index (χ3v) is 2.29. The molecule has 0 aromatic carbocycles. The van der Waals surface area contributed by atoms with Crippen LogP contribution < -0.4 is 5.73 Å². The van der Waals surface area contributed by atoms with Crippen LogP contribution in [0.2, 0.25) is 0 Å². The van der Waals surface area contributed by atoms with Gasteiger partial charge < -0.3 is 5.73 Å². The molecule has 1 amide bonds. The number of carbonyl (C=O) groups excluding carboxylic acids is 1. The third kappa shape index (κ3) is 0.879. The quantitative estimate of drug-likeness (QED) is 0.666. The highest BCUT2D eigenvalue weighted by Crippen LogP contribution is 2.46. The summed E-state index contributed by atoms with van der Waals surface area (Å²) < 4.78 is 0. The lowest BCUT2D eigenvalue weighted by Gasteiger charge is -2.07. The summed E-state index contributed by atoms with van der Waals surface area (Å²) in [6.07, 6.45) is 4.71. The van der Waals surface area contributed by atoms with E-state index in [-0.39, 0.29) is 5.91 Å². The first-order valence-electron chi connectivity index (χ1n) is 3.82. The highest BCUT2D eigenvalue weighted by Gasteiger charge is 2.51. The van der Waals surface area contributed by atoms with Crippen LogP contribution in [-0.4, -0.2) is 15.9 Å². The van der Waals surface area contributed by atoms with Gasteiger partial charge in [-0.2, -0.15) is 0 Å². The molecule has 1 aromatic heterocycles. The standard InChI is InChI=1S/C8H9N3O/c9-7(12)8(2-3-8)6-1-4-10-5-11-6/h1,4-5H,2-3H2,(H2,9,12). The van der Waals surface area contributed by atoms with Crippen molar-refractivity contribution >= 4 is 5.91 Å². The second-order valence-electron chi connectivity index (χ2n) is 3.04. The van der Waals surface area contributed by atoms with Gasteiger partial charge in [-0.3, -0.25) is 4.79 Å². The Morgan fingerprint density at radius 1 is 1.58 bits per heavy atom. The van der Waals surface area contributed by atoms with Crippen LogP contribution in [0, 0.1) is 0 Å². The summed E-state index contributed by atoms with van der Waals surface area (Å²) in [7, 11) is 0. The van der Waals surface area contributed by atoms with Gasteiger partial charge in [0.05, 0.1) is 11.1 Å². The molecule has 2 N–H and O–H groups in total. The van der Waals surface area contributed by atoms with Gasteiger partial charge in [-0.05, 0) is 18.9 Å². The number of amides is 1. The predicted molar refractivity (Wildman–Crippen MR) is 42.1 cm³/mol. The molecule has 0 atom stereocenters. The van der Waals surface area contributed by atoms with E-state index in [0.717, 1.165) is 18.5 Å². The van der Waals surface area contributed by atoms with E-state index in [1.165, 1.54) is 6.33 Å². The van der Waals surface area contributed by atoms with E-state index in [1.54, 1.807) is 12.3 Å². The number of nitrogens with zero attached hydrogens (tertiary/aromatic N) is 2. The van der Waals surface area contributed by atoms with Crippen molar-refractivity contribution in [3.8, 4) is 0 Å². The first-order chi connectivity index (χ1) is 5.76. The molecule has 0 saturated heterocycles. The highest BCUT2D eigenvalue weighted by molar-refractivity contribution is 5.89. The number of rotatable bonds is 2. The topological polar surface area (TPSA) is 68.9 Å². The molecule has 62 valence electrons. The van der Waals surface area contributed by atoms with E-state index in [0.29, 0.717) is 0 Å². The van der Waals surface area contributed by atoms with Crippen LogP contribution in [0.15, 0.2) is 18.6 Å². The third-order valence-electron chi connectivity index (χ3n) is 2.29. The summed E-state index contributed by atoms with van der Waals surface area (Å²) in [4.78, 5) is 18.9. The number of hydrogen-bond acceptors (Lipinski definition) is 3. The molecule has 0 aliphatic heterocycles. The largest absolute Gasteiger partial charge is 0.369 e. The minimum absolute atomic E-state index is 0.277. The SMILES string of the molecule is NC(=O)C1(c2ccncn2)CC1. The lowest BCUT2D eigenvalue weighted by Crippen LogP contribution is -2.29. The summed E-state index contributed by atoms with van der Waals surface area (Å²) in [5.41, 5.74) is 5.55. The smallest absolute Gasteiger partial charge is 0.229 e. The molecule has 1 heterocycles. The normalized spacial score (nSPS) is 18.7. The monoisotopic (exact) mass is 163 g/mol. The maximum Gasteiger partial charge on any atom is 0.229 e. The number of carbonyl (C=O) groups is 1. The van der Waals surface area contributed by atoms with Gasteiger partial charge in [-0.25, -0.2) is 9.97 Å². The summed E-state index contributed by atoms with van der Waals surface area (Å²) in [5.74, 6) is -0.277. The van der Waals surface area contributed by atoms with Gasteiger partial charge in [0.25, 0.3) is 0 Å². The van der Waals surface area contributed by atoms with Gasteiger partial charge >= 0.3 is 0 Å². The van der Waals surface area contributed by atoms with Crippen molar-refractivity contribution in [1.29, 1.82) is 0 Å². The zero-order valence-electron chi connectivity index (χ0n) is 6.53. The molecular weight excluding hydrogens is 154 g/mol. The van der Waals surface area contributed by atoms with Gasteiger partial charge in [0.2, 0.25) is 5.91 Å². The Bertz CT molecular complexity index is 305. The van der Waals surface area contributed by atoms with Crippen molar-refractivity contribution in [3.05, 3.63) is 24.3 Å². The number of aromatic nitrogens is 2. The average Bonchev–Trinajstić information content (AvgIpc) is 2.86. The van der Waals surface area contributed by atoms with Crippen LogP contribution in [0.4, 0.5) is 0 Å². The van der Waals surface area contributed by atoms with Crippen LogP contribution in [0.1, 0.15) is 18.5 Å². The fraction of sp³-hybridized carbons (Fsp3) is 0.375. The summed E-state index contributed by atoms with van der Waals surface area (Å²) >= 11 is 0. The Hall–Kier alpha value is -1.45. The molecule has 4 nitrogen and oxygen atoms in total. The Morgan fingerprint density at radius 2 is 2.33 bits per heavy atom. The van der Waals surface area contributed by atoms with Crippen molar-refractivity contribution in [1.82, 2.24) is 9.97 Å². The molecule has 1 fully saturated rings. The molecule has 1 saturated carbocycles. The second-order valence-corrected chi connectivity index (χ2v) is 3.04. The van der Waals surface area contributed by atoms with Crippen LogP contribution in [0.3, 0.4) is 0 Å². The van der Waals surface area contributed by atoms with Crippen LogP contribution in [-0.2, 0) is 10.2 Å². The second kappa shape index (κ2) is 2.27. The first-order valence-corrected chi connectivity index (χ1v) is 3.82. The zero-order valence-corrected chi connectivity index (χ0v) is 6.53. The van der Waals surface area contributed by atoms with Gasteiger partial charge in [0.1, 0.15) is 6.33 Å². The number of nitrogens with two attached hydrogens (primary N) is 1. The van der Waals surface area contributed by atoms with Crippen molar-refractivity contribution in [2.24, 2.45) is 5.73 Å². The minimum atomic E-state index is -0.469. The van der Waals surface area contributed by atoms with E-state index >= 15 is 0 Å². The molecule has 1 aromatic rings. The average molecular weight is 163 g/mol. The first kappa shape index (κ1) is 7.21.